The third kappa shape index (κ3) is 3.28. The molecule has 1 aliphatic heterocycles. The van der Waals surface area contributed by atoms with Crippen molar-refractivity contribution >= 4 is 60.6 Å². The fourth-order valence-corrected chi connectivity index (χ4v) is 6.31. The molecule has 1 aromatic heterocycles. The number of methoxy groups -OCH3 is 1. The first-order chi connectivity index (χ1) is 10.1. The van der Waals surface area contributed by atoms with Gasteiger partial charge in [0, 0.05) is 15.8 Å². The molecule has 2 aromatic rings. The molecule has 0 fully saturated rings. The Balaban J connectivity index is 1.91. The molecule has 0 radical (unpaired) electrons. The first-order valence-corrected chi connectivity index (χ1v) is 9.96. The maximum absolute atomic E-state index is 5.40. The van der Waals surface area contributed by atoms with Crippen LogP contribution in [0.5, 0.6) is 5.75 Å². The number of hydrogen-bond donors (Lipinski definition) is 1. The van der Waals surface area contributed by atoms with Crippen LogP contribution in [0.4, 0.5) is 5.69 Å². The molecule has 1 aliphatic rings. The number of halogens is 2. The fraction of sp³-hybridized carbons (Fsp3) is 0.333. The van der Waals surface area contributed by atoms with Crippen LogP contribution in [0.2, 0.25) is 0 Å². The molecule has 6 heteroatoms. The molecular weight excluding hydrogens is 434 g/mol. The Morgan fingerprint density at radius 3 is 2.86 bits per heavy atom. The Morgan fingerprint density at radius 2 is 2.10 bits per heavy atom. The second kappa shape index (κ2) is 6.52. The van der Waals surface area contributed by atoms with Crippen molar-refractivity contribution in [2.45, 2.75) is 28.8 Å². The van der Waals surface area contributed by atoms with Gasteiger partial charge in [0.15, 0.2) is 0 Å². The van der Waals surface area contributed by atoms with Crippen LogP contribution in [0.25, 0.3) is 0 Å². The molecular formula is C15H15Br2NOS2. The van der Waals surface area contributed by atoms with Gasteiger partial charge < -0.3 is 10.1 Å². The number of ether oxygens (including phenoxy) is 1. The average molecular weight is 449 g/mol. The number of thiophene rings is 1. The van der Waals surface area contributed by atoms with Gasteiger partial charge in [-0.1, -0.05) is 6.92 Å². The standard InChI is InChI=1S/C15H15Br2NOS2/c1-8-5-12(9-3-4-20-15(9)21-8)18-13-7-14(19-2)11(17)6-10(13)16/h3-4,6-8,12,18H,5H2,1-2H3/t8-,12?/m0/s1. The SMILES string of the molecule is COc1cc(NC2C[C@H](C)Sc3sccc32)c(Br)cc1Br. The van der Waals surface area contributed by atoms with Gasteiger partial charge in [-0.05, 0) is 61.4 Å². The minimum absolute atomic E-state index is 0.352. The van der Waals surface area contributed by atoms with Crippen molar-refractivity contribution in [1.82, 2.24) is 0 Å². The number of rotatable bonds is 3. The van der Waals surface area contributed by atoms with Crippen molar-refractivity contribution < 1.29 is 4.74 Å². The highest BCUT2D eigenvalue weighted by molar-refractivity contribution is 9.11. The lowest BCUT2D eigenvalue weighted by Crippen LogP contribution is -2.19. The minimum atomic E-state index is 0.352. The van der Waals surface area contributed by atoms with Gasteiger partial charge >= 0.3 is 0 Å². The van der Waals surface area contributed by atoms with Crippen LogP contribution in [0, 0.1) is 0 Å². The summed E-state index contributed by atoms with van der Waals surface area (Å²) in [4.78, 5) is 0. The van der Waals surface area contributed by atoms with Gasteiger partial charge in [0.2, 0.25) is 0 Å². The zero-order chi connectivity index (χ0) is 15.0. The predicted molar refractivity (Wildman–Crippen MR) is 99.0 cm³/mol. The van der Waals surface area contributed by atoms with Gasteiger partial charge in [0.25, 0.3) is 0 Å². The van der Waals surface area contributed by atoms with Gasteiger partial charge in [-0.15, -0.1) is 23.1 Å². The largest absolute Gasteiger partial charge is 0.495 e. The zero-order valence-electron chi connectivity index (χ0n) is 11.7. The number of nitrogens with one attached hydrogen (secondary N) is 1. The van der Waals surface area contributed by atoms with Crippen molar-refractivity contribution in [3.05, 3.63) is 38.1 Å². The third-order valence-corrected chi connectivity index (χ3v) is 7.10. The van der Waals surface area contributed by atoms with Gasteiger partial charge in [-0.3, -0.25) is 0 Å². The summed E-state index contributed by atoms with van der Waals surface area (Å²) in [5.74, 6) is 0.837. The highest BCUT2D eigenvalue weighted by Crippen LogP contribution is 2.46. The number of thioether (sulfide) groups is 1. The smallest absolute Gasteiger partial charge is 0.135 e. The molecule has 1 unspecified atom stereocenters. The second-order valence-electron chi connectivity index (χ2n) is 4.99. The number of hydrogen-bond acceptors (Lipinski definition) is 4. The predicted octanol–water partition coefficient (Wildman–Crippen LogP) is 6.32. The van der Waals surface area contributed by atoms with Crippen molar-refractivity contribution in [2.24, 2.45) is 0 Å². The van der Waals surface area contributed by atoms with Gasteiger partial charge in [-0.25, -0.2) is 0 Å². The molecule has 2 atom stereocenters. The Labute approximate surface area is 149 Å². The van der Waals surface area contributed by atoms with E-state index in [0.717, 1.165) is 26.8 Å². The van der Waals surface area contributed by atoms with E-state index in [2.05, 4.69) is 55.5 Å². The topological polar surface area (TPSA) is 21.3 Å². The van der Waals surface area contributed by atoms with Gasteiger partial charge in [0.05, 0.1) is 27.5 Å². The maximum atomic E-state index is 5.40. The second-order valence-corrected chi connectivity index (χ2v) is 9.32. The monoisotopic (exact) mass is 447 g/mol. The lowest BCUT2D eigenvalue weighted by Gasteiger charge is -2.29. The van der Waals surface area contributed by atoms with Gasteiger partial charge in [-0.2, -0.15) is 0 Å². The molecule has 1 aromatic carbocycles. The minimum Gasteiger partial charge on any atom is -0.495 e. The van der Waals surface area contributed by atoms with E-state index >= 15 is 0 Å². The third-order valence-electron chi connectivity index (χ3n) is 3.48. The molecule has 0 spiro atoms. The summed E-state index contributed by atoms with van der Waals surface area (Å²) in [5.41, 5.74) is 2.48. The number of benzene rings is 1. The van der Waals surface area contributed by atoms with Crippen molar-refractivity contribution in [3.8, 4) is 5.75 Å². The van der Waals surface area contributed by atoms with E-state index in [1.807, 2.05) is 35.2 Å². The van der Waals surface area contributed by atoms with E-state index in [1.54, 1.807) is 7.11 Å². The molecule has 1 N–H and O–H groups in total. The summed E-state index contributed by atoms with van der Waals surface area (Å²) in [6.07, 6.45) is 1.12. The van der Waals surface area contributed by atoms with Crippen molar-refractivity contribution in [2.75, 3.05) is 12.4 Å². The Kier molecular flexibility index (Phi) is 4.88. The number of fused-ring (bicyclic) bond motifs is 1. The average Bonchev–Trinajstić information content (AvgIpc) is 2.89. The van der Waals surface area contributed by atoms with Crippen LogP contribution in [0.15, 0.2) is 36.7 Å². The summed E-state index contributed by atoms with van der Waals surface area (Å²) in [6, 6.07) is 6.65. The Bertz CT molecular complexity index is 659. The molecule has 0 saturated carbocycles. The zero-order valence-corrected chi connectivity index (χ0v) is 16.5. The molecule has 0 amide bonds. The highest BCUT2D eigenvalue weighted by Gasteiger charge is 2.26. The lowest BCUT2D eigenvalue weighted by molar-refractivity contribution is 0.412. The molecule has 21 heavy (non-hydrogen) atoms. The van der Waals surface area contributed by atoms with E-state index in [-0.39, 0.29) is 0 Å². The molecule has 0 aliphatic carbocycles. The van der Waals surface area contributed by atoms with Crippen LogP contribution in [-0.2, 0) is 0 Å². The first-order valence-electron chi connectivity index (χ1n) is 6.62. The maximum Gasteiger partial charge on any atom is 0.135 e. The van der Waals surface area contributed by atoms with Crippen LogP contribution in [0.3, 0.4) is 0 Å². The molecule has 2 nitrogen and oxygen atoms in total. The van der Waals surface area contributed by atoms with Gasteiger partial charge in [0.1, 0.15) is 5.75 Å². The summed E-state index contributed by atoms with van der Waals surface area (Å²) < 4.78 is 8.82. The molecule has 0 bridgehead atoms. The van der Waals surface area contributed by atoms with Crippen LogP contribution in [0.1, 0.15) is 24.9 Å². The normalized spacial score (nSPS) is 21.0. The van der Waals surface area contributed by atoms with E-state index in [9.17, 15) is 0 Å². The van der Waals surface area contributed by atoms with Crippen molar-refractivity contribution in [1.29, 1.82) is 0 Å². The fourth-order valence-electron chi connectivity index (χ4n) is 2.47. The molecule has 3 rings (SSSR count). The molecule has 112 valence electrons. The number of anilines is 1. The van der Waals surface area contributed by atoms with E-state index in [1.165, 1.54) is 9.77 Å². The Hall–Kier alpha value is -0.170. The summed E-state index contributed by atoms with van der Waals surface area (Å²) in [6.45, 7) is 2.29. The van der Waals surface area contributed by atoms with Crippen LogP contribution >= 0.6 is 55.0 Å². The molecule has 0 saturated heterocycles. The quantitative estimate of drug-likeness (QED) is 0.593. The summed E-state index contributed by atoms with van der Waals surface area (Å²) in [7, 11) is 1.69. The summed E-state index contributed by atoms with van der Waals surface area (Å²) >= 11 is 11.0. The van der Waals surface area contributed by atoms with E-state index in [4.69, 9.17) is 4.74 Å². The Morgan fingerprint density at radius 1 is 1.29 bits per heavy atom. The highest BCUT2D eigenvalue weighted by atomic mass is 79.9. The van der Waals surface area contributed by atoms with E-state index in [0.29, 0.717) is 11.3 Å². The van der Waals surface area contributed by atoms with Crippen LogP contribution < -0.4 is 10.1 Å². The summed E-state index contributed by atoms with van der Waals surface area (Å²) in [5, 5.41) is 6.48. The lowest BCUT2D eigenvalue weighted by atomic mass is 10.0. The van der Waals surface area contributed by atoms with Crippen LogP contribution in [-0.4, -0.2) is 12.4 Å². The molecule has 2 heterocycles. The van der Waals surface area contributed by atoms with E-state index < -0.39 is 0 Å². The first kappa shape index (κ1) is 15.7. The van der Waals surface area contributed by atoms with Crippen molar-refractivity contribution in [3.63, 3.8) is 0 Å².